The third-order valence-electron chi connectivity index (χ3n) is 2.63. The van der Waals surface area contributed by atoms with Crippen LogP contribution < -0.4 is 4.74 Å². The van der Waals surface area contributed by atoms with E-state index in [0.29, 0.717) is 5.75 Å². The summed E-state index contributed by atoms with van der Waals surface area (Å²) in [6.45, 7) is 6.24. The number of carbonyl (C=O) groups excluding carboxylic acids is 1. The molecule has 0 radical (unpaired) electrons. The summed E-state index contributed by atoms with van der Waals surface area (Å²) in [5.74, 6) is 0.349. The fourth-order valence-corrected chi connectivity index (χ4v) is 1.97. The van der Waals surface area contributed by atoms with Gasteiger partial charge in [-0.05, 0) is 19.9 Å². The zero-order valence-corrected chi connectivity index (χ0v) is 9.65. The number of carbonyl (C=O) groups is 1. The van der Waals surface area contributed by atoms with Crippen molar-refractivity contribution < 1.29 is 9.53 Å². The summed E-state index contributed by atoms with van der Waals surface area (Å²) in [7, 11) is 0. The zero-order chi connectivity index (χ0) is 11.7. The van der Waals surface area contributed by atoms with E-state index >= 15 is 0 Å². The van der Waals surface area contributed by atoms with E-state index in [1.54, 1.807) is 12.4 Å². The van der Waals surface area contributed by atoms with E-state index in [0.717, 1.165) is 23.1 Å². The van der Waals surface area contributed by atoms with Crippen LogP contribution in [0.2, 0.25) is 0 Å². The summed E-state index contributed by atoms with van der Waals surface area (Å²) >= 11 is 0. The fourth-order valence-electron chi connectivity index (χ4n) is 1.97. The summed E-state index contributed by atoms with van der Waals surface area (Å²) in [4.78, 5) is 15.2. The second-order valence-electron chi connectivity index (χ2n) is 3.65. The number of rotatable bonds is 2. The molecule has 16 heavy (non-hydrogen) atoms. The highest BCUT2D eigenvalue weighted by atomic mass is 16.5. The number of aryl methyl sites for hydroxylation is 1. The first-order valence-electron chi connectivity index (χ1n) is 5.26. The van der Waals surface area contributed by atoms with Crippen molar-refractivity contribution in [1.29, 1.82) is 0 Å². The van der Waals surface area contributed by atoms with E-state index in [9.17, 15) is 4.79 Å². The molecule has 84 valence electrons. The highest BCUT2D eigenvalue weighted by molar-refractivity contribution is 5.90. The molecule has 0 spiro atoms. The predicted molar refractivity (Wildman–Crippen MR) is 61.5 cm³/mol. The van der Waals surface area contributed by atoms with Crippen LogP contribution in [0.25, 0.3) is 10.9 Å². The minimum absolute atomic E-state index is 0.296. The number of pyridine rings is 1. The average molecular weight is 218 g/mol. The first-order chi connectivity index (χ1) is 7.65. The van der Waals surface area contributed by atoms with Gasteiger partial charge < -0.3 is 9.30 Å². The van der Waals surface area contributed by atoms with Crippen LogP contribution in [0.5, 0.6) is 5.75 Å². The molecule has 4 nitrogen and oxygen atoms in total. The van der Waals surface area contributed by atoms with Gasteiger partial charge in [-0.25, -0.2) is 0 Å². The summed E-state index contributed by atoms with van der Waals surface area (Å²) in [5.41, 5.74) is 1.96. The summed E-state index contributed by atoms with van der Waals surface area (Å²) in [6.07, 6.45) is 3.49. The molecule has 0 fully saturated rings. The van der Waals surface area contributed by atoms with Gasteiger partial charge in [0.25, 0.3) is 0 Å². The molecule has 4 heteroatoms. The molecule has 0 saturated heterocycles. The number of ether oxygens (including phenoxy) is 1. The molecule has 0 unspecified atom stereocenters. The molecule has 2 aromatic heterocycles. The van der Waals surface area contributed by atoms with Crippen molar-refractivity contribution in [3.63, 3.8) is 0 Å². The third-order valence-corrected chi connectivity index (χ3v) is 2.63. The summed E-state index contributed by atoms with van der Waals surface area (Å²) in [5, 5.41) is 0.935. The Balaban J connectivity index is 2.71. The van der Waals surface area contributed by atoms with Gasteiger partial charge in [0.2, 0.25) is 0 Å². The van der Waals surface area contributed by atoms with E-state index in [1.807, 2.05) is 13.0 Å². The van der Waals surface area contributed by atoms with Crippen molar-refractivity contribution in [1.82, 2.24) is 9.55 Å². The van der Waals surface area contributed by atoms with Gasteiger partial charge >= 0.3 is 5.97 Å². The molecule has 0 atom stereocenters. The van der Waals surface area contributed by atoms with Crippen molar-refractivity contribution in [2.75, 3.05) is 0 Å². The van der Waals surface area contributed by atoms with Gasteiger partial charge in [0.1, 0.15) is 0 Å². The second kappa shape index (κ2) is 3.96. The van der Waals surface area contributed by atoms with Gasteiger partial charge in [0, 0.05) is 25.1 Å². The molecule has 2 heterocycles. The number of hydrogen-bond acceptors (Lipinski definition) is 3. The van der Waals surface area contributed by atoms with Crippen LogP contribution in [-0.2, 0) is 11.3 Å². The van der Waals surface area contributed by atoms with Crippen molar-refractivity contribution in [3.05, 3.63) is 24.2 Å². The van der Waals surface area contributed by atoms with E-state index in [1.165, 1.54) is 6.92 Å². The highest BCUT2D eigenvalue weighted by Gasteiger charge is 2.15. The lowest BCUT2D eigenvalue weighted by atomic mass is 10.3. The lowest BCUT2D eigenvalue weighted by Gasteiger charge is -2.03. The maximum Gasteiger partial charge on any atom is 0.308 e. The Morgan fingerprint density at radius 3 is 2.94 bits per heavy atom. The average Bonchev–Trinajstić information content (AvgIpc) is 2.52. The van der Waals surface area contributed by atoms with Crippen molar-refractivity contribution >= 4 is 16.9 Å². The van der Waals surface area contributed by atoms with Crippen LogP contribution in [0.4, 0.5) is 0 Å². The molecular weight excluding hydrogens is 204 g/mol. The lowest BCUT2D eigenvalue weighted by molar-refractivity contribution is -0.131. The largest absolute Gasteiger partial charge is 0.424 e. The molecule has 0 saturated carbocycles. The van der Waals surface area contributed by atoms with E-state index in [2.05, 4.69) is 16.5 Å². The molecule has 0 amide bonds. The van der Waals surface area contributed by atoms with Crippen LogP contribution in [0.15, 0.2) is 18.5 Å². The minimum atomic E-state index is -0.296. The molecule has 0 aromatic carbocycles. The zero-order valence-electron chi connectivity index (χ0n) is 9.65. The molecule has 0 aliphatic rings. The molecular formula is C12H14N2O2. The van der Waals surface area contributed by atoms with Crippen molar-refractivity contribution in [3.8, 4) is 5.75 Å². The Labute approximate surface area is 93.9 Å². The smallest absolute Gasteiger partial charge is 0.308 e. The van der Waals surface area contributed by atoms with Gasteiger partial charge in [-0.2, -0.15) is 0 Å². The van der Waals surface area contributed by atoms with Crippen LogP contribution in [0.1, 0.15) is 19.5 Å². The molecule has 0 bridgehead atoms. The normalized spacial score (nSPS) is 10.7. The number of aromatic nitrogens is 2. The van der Waals surface area contributed by atoms with Gasteiger partial charge in [0.15, 0.2) is 5.75 Å². The lowest BCUT2D eigenvalue weighted by Crippen LogP contribution is -2.03. The van der Waals surface area contributed by atoms with Crippen LogP contribution in [0.3, 0.4) is 0 Å². The van der Waals surface area contributed by atoms with Crippen LogP contribution in [-0.4, -0.2) is 15.5 Å². The quantitative estimate of drug-likeness (QED) is 0.726. The van der Waals surface area contributed by atoms with E-state index < -0.39 is 0 Å². The van der Waals surface area contributed by atoms with Gasteiger partial charge in [0.05, 0.1) is 17.4 Å². The SMILES string of the molecule is CCn1c(C)c(OC(C)=O)c2ccncc21. The van der Waals surface area contributed by atoms with Crippen molar-refractivity contribution in [2.45, 2.75) is 27.3 Å². The Kier molecular flexibility index (Phi) is 2.64. The fraction of sp³-hybridized carbons (Fsp3) is 0.333. The first-order valence-corrected chi connectivity index (χ1v) is 5.26. The standard InChI is InChI=1S/C12H14N2O2/c1-4-14-8(2)12(16-9(3)15)10-5-6-13-7-11(10)14/h5-7H,4H2,1-3H3. The Morgan fingerprint density at radius 2 is 2.31 bits per heavy atom. The molecule has 0 N–H and O–H groups in total. The Hall–Kier alpha value is -1.84. The van der Waals surface area contributed by atoms with E-state index in [4.69, 9.17) is 4.74 Å². The molecule has 0 aliphatic carbocycles. The number of hydrogen-bond donors (Lipinski definition) is 0. The molecule has 2 aromatic rings. The highest BCUT2D eigenvalue weighted by Crippen LogP contribution is 2.32. The first kappa shape index (κ1) is 10.7. The van der Waals surface area contributed by atoms with Gasteiger partial charge in [-0.15, -0.1) is 0 Å². The van der Waals surface area contributed by atoms with Crippen molar-refractivity contribution in [2.24, 2.45) is 0 Å². The summed E-state index contributed by atoms with van der Waals surface area (Å²) < 4.78 is 7.34. The number of fused-ring (bicyclic) bond motifs is 1. The van der Waals surface area contributed by atoms with Gasteiger partial charge in [-0.3, -0.25) is 9.78 Å². The Morgan fingerprint density at radius 1 is 1.56 bits per heavy atom. The summed E-state index contributed by atoms with van der Waals surface area (Å²) in [6, 6.07) is 1.87. The third kappa shape index (κ3) is 1.56. The topological polar surface area (TPSA) is 44.1 Å². The maximum atomic E-state index is 11.1. The maximum absolute atomic E-state index is 11.1. The number of nitrogens with zero attached hydrogens (tertiary/aromatic N) is 2. The molecule has 2 rings (SSSR count). The Bertz CT molecular complexity index is 543. The molecule has 0 aliphatic heterocycles. The predicted octanol–water partition coefficient (Wildman–Crippen LogP) is 2.29. The van der Waals surface area contributed by atoms with Crippen LogP contribution in [0, 0.1) is 6.92 Å². The monoisotopic (exact) mass is 218 g/mol. The number of esters is 1. The minimum Gasteiger partial charge on any atom is -0.424 e. The van der Waals surface area contributed by atoms with Crippen LogP contribution >= 0.6 is 0 Å². The van der Waals surface area contributed by atoms with Gasteiger partial charge in [-0.1, -0.05) is 0 Å². The second-order valence-corrected chi connectivity index (χ2v) is 3.65. The van der Waals surface area contributed by atoms with E-state index in [-0.39, 0.29) is 5.97 Å².